The summed E-state index contributed by atoms with van der Waals surface area (Å²) in [4.78, 5) is 16.3. The maximum Gasteiger partial charge on any atom is 0.329 e. The number of hydrogen-bond donors (Lipinski definition) is 0. The van der Waals surface area contributed by atoms with Gasteiger partial charge in [0.25, 0.3) is 0 Å². The van der Waals surface area contributed by atoms with Crippen molar-refractivity contribution in [2.45, 2.75) is 13.5 Å². The van der Waals surface area contributed by atoms with Crippen molar-refractivity contribution in [1.29, 1.82) is 0 Å². The minimum absolute atomic E-state index is 0.0358. The number of tetrazole rings is 1. The largest absolute Gasteiger partial charge is 0.465 e. The lowest BCUT2D eigenvalue weighted by molar-refractivity contribution is -0.144. The van der Waals surface area contributed by atoms with Crippen LogP contribution in [0.2, 0.25) is 0 Å². The smallest absolute Gasteiger partial charge is 0.329 e. The second-order valence-electron chi connectivity index (χ2n) is 3.18. The number of carbonyl (C=O) groups is 1. The molecular formula is C10H11N5O2. The third kappa shape index (κ3) is 2.83. The highest BCUT2D eigenvalue weighted by molar-refractivity contribution is 5.68. The molecular weight excluding hydrogens is 222 g/mol. The first-order chi connectivity index (χ1) is 8.29. The maximum absolute atomic E-state index is 11.2. The number of carbonyl (C=O) groups excluding carboxylic acids is 1. The molecule has 17 heavy (non-hydrogen) atoms. The fourth-order valence-corrected chi connectivity index (χ4v) is 1.25. The van der Waals surface area contributed by atoms with E-state index < -0.39 is 0 Å². The molecule has 0 unspecified atom stereocenters. The second kappa shape index (κ2) is 5.15. The van der Waals surface area contributed by atoms with E-state index in [2.05, 4.69) is 20.4 Å². The average Bonchev–Trinajstić information content (AvgIpc) is 2.79. The van der Waals surface area contributed by atoms with Crippen molar-refractivity contribution in [1.82, 2.24) is 25.2 Å². The molecule has 0 fully saturated rings. The van der Waals surface area contributed by atoms with Gasteiger partial charge in [-0.3, -0.25) is 4.98 Å². The summed E-state index contributed by atoms with van der Waals surface area (Å²) in [6.07, 6.45) is 3.28. The number of aromatic nitrogens is 5. The molecule has 7 heteroatoms. The lowest BCUT2D eigenvalue weighted by Crippen LogP contribution is -2.15. The van der Waals surface area contributed by atoms with Crippen molar-refractivity contribution in [3.8, 4) is 11.4 Å². The van der Waals surface area contributed by atoms with Crippen molar-refractivity contribution in [2.24, 2.45) is 0 Å². The molecule has 2 rings (SSSR count). The monoisotopic (exact) mass is 233 g/mol. The van der Waals surface area contributed by atoms with E-state index in [0.717, 1.165) is 5.56 Å². The molecule has 0 aliphatic rings. The van der Waals surface area contributed by atoms with Crippen LogP contribution in [0.4, 0.5) is 0 Å². The summed E-state index contributed by atoms with van der Waals surface area (Å²) in [5.41, 5.74) is 0.801. The number of ether oxygens (including phenoxy) is 1. The Kier molecular flexibility index (Phi) is 3.39. The van der Waals surface area contributed by atoms with E-state index in [-0.39, 0.29) is 12.5 Å². The van der Waals surface area contributed by atoms with Crippen LogP contribution in [0.25, 0.3) is 11.4 Å². The van der Waals surface area contributed by atoms with Crippen molar-refractivity contribution in [3.63, 3.8) is 0 Å². The Bertz CT molecular complexity index is 496. The molecule has 0 saturated heterocycles. The van der Waals surface area contributed by atoms with Crippen molar-refractivity contribution in [3.05, 3.63) is 24.5 Å². The topological polar surface area (TPSA) is 82.8 Å². The maximum atomic E-state index is 11.2. The van der Waals surface area contributed by atoms with Crippen LogP contribution in [-0.2, 0) is 16.1 Å². The SMILES string of the molecule is CCOC(=O)Cn1nnc(-c2ccncc2)n1. The summed E-state index contributed by atoms with van der Waals surface area (Å²) in [6, 6.07) is 3.54. The van der Waals surface area contributed by atoms with Gasteiger partial charge in [-0.25, -0.2) is 4.79 Å². The van der Waals surface area contributed by atoms with E-state index in [9.17, 15) is 4.79 Å². The number of esters is 1. The summed E-state index contributed by atoms with van der Waals surface area (Å²) in [5.74, 6) is 0.0721. The van der Waals surface area contributed by atoms with Gasteiger partial charge in [0.1, 0.15) is 0 Å². The number of hydrogen-bond acceptors (Lipinski definition) is 6. The number of nitrogens with zero attached hydrogens (tertiary/aromatic N) is 5. The number of pyridine rings is 1. The molecule has 2 aromatic heterocycles. The van der Waals surface area contributed by atoms with Gasteiger partial charge in [-0.2, -0.15) is 4.80 Å². The van der Waals surface area contributed by atoms with Crippen LogP contribution in [0.5, 0.6) is 0 Å². The van der Waals surface area contributed by atoms with Crippen LogP contribution in [0.15, 0.2) is 24.5 Å². The molecule has 0 aromatic carbocycles. The van der Waals surface area contributed by atoms with E-state index >= 15 is 0 Å². The lowest BCUT2D eigenvalue weighted by Gasteiger charge is -1.98. The van der Waals surface area contributed by atoms with Gasteiger partial charge in [-0.1, -0.05) is 0 Å². The van der Waals surface area contributed by atoms with Crippen LogP contribution in [-0.4, -0.2) is 37.8 Å². The zero-order valence-corrected chi connectivity index (χ0v) is 9.28. The molecule has 2 heterocycles. The van der Waals surface area contributed by atoms with Crippen LogP contribution in [0.1, 0.15) is 6.92 Å². The fourth-order valence-electron chi connectivity index (χ4n) is 1.25. The zero-order valence-electron chi connectivity index (χ0n) is 9.28. The van der Waals surface area contributed by atoms with Gasteiger partial charge in [0.2, 0.25) is 5.82 Å². The minimum atomic E-state index is -0.383. The third-order valence-electron chi connectivity index (χ3n) is 1.97. The molecule has 0 bridgehead atoms. The molecule has 0 aliphatic carbocycles. The predicted octanol–water partition coefficient (Wildman–Crippen LogP) is 0.298. The van der Waals surface area contributed by atoms with E-state index in [1.807, 2.05) is 0 Å². The predicted molar refractivity (Wildman–Crippen MR) is 57.7 cm³/mol. The summed E-state index contributed by atoms with van der Waals surface area (Å²) in [5, 5.41) is 11.7. The zero-order chi connectivity index (χ0) is 12.1. The van der Waals surface area contributed by atoms with Gasteiger partial charge in [-0.15, -0.1) is 10.2 Å². The van der Waals surface area contributed by atoms with Gasteiger partial charge >= 0.3 is 5.97 Å². The highest BCUT2D eigenvalue weighted by Crippen LogP contribution is 2.10. The van der Waals surface area contributed by atoms with Gasteiger partial charge in [0.05, 0.1) is 6.61 Å². The van der Waals surface area contributed by atoms with E-state index in [4.69, 9.17) is 4.74 Å². The first-order valence-corrected chi connectivity index (χ1v) is 5.13. The van der Waals surface area contributed by atoms with Crippen LogP contribution < -0.4 is 0 Å². The minimum Gasteiger partial charge on any atom is -0.465 e. The summed E-state index contributed by atoms with van der Waals surface area (Å²) >= 11 is 0. The van der Waals surface area contributed by atoms with Crippen LogP contribution >= 0.6 is 0 Å². The van der Waals surface area contributed by atoms with Gasteiger partial charge in [0.15, 0.2) is 6.54 Å². The lowest BCUT2D eigenvalue weighted by atomic mass is 10.3. The van der Waals surface area contributed by atoms with Crippen molar-refractivity contribution >= 4 is 5.97 Å². The van der Waals surface area contributed by atoms with Crippen molar-refractivity contribution < 1.29 is 9.53 Å². The summed E-state index contributed by atoms with van der Waals surface area (Å²) < 4.78 is 4.78. The van der Waals surface area contributed by atoms with Crippen molar-refractivity contribution in [2.75, 3.05) is 6.61 Å². The highest BCUT2D eigenvalue weighted by Gasteiger charge is 2.09. The Morgan fingerprint density at radius 1 is 1.41 bits per heavy atom. The van der Waals surface area contributed by atoms with Gasteiger partial charge in [-0.05, 0) is 24.3 Å². The summed E-state index contributed by atoms with van der Waals surface area (Å²) in [7, 11) is 0. The first-order valence-electron chi connectivity index (χ1n) is 5.13. The summed E-state index contributed by atoms with van der Waals surface area (Å²) in [6.45, 7) is 2.05. The first kappa shape index (κ1) is 11.2. The second-order valence-corrected chi connectivity index (χ2v) is 3.18. The number of rotatable bonds is 4. The van der Waals surface area contributed by atoms with Crippen LogP contribution in [0, 0.1) is 0 Å². The van der Waals surface area contributed by atoms with Crippen LogP contribution in [0.3, 0.4) is 0 Å². The molecule has 0 N–H and O–H groups in total. The molecule has 0 radical (unpaired) electrons. The Hall–Kier alpha value is -2.31. The fraction of sp³-hybridized carbons (Fsp3) is 0.300. The van der Waals surface area contributed by atoms with Gasteiger partial charge in [0, 0.05) is 18.0 Å². The standard InChI is InChI=1S/C10H11N5O2/c1-2-17-9(16)7-15-13-10(12-14-15)8-3-5-11-6-4-8/h3-6H,2,7H2,1H3. The molecule has 0 atom stereocenters. The quantitative estimate of drug-likeness (QED) is 0.706. The normalized spacial score (nSPS) is 10.2. The van der Waals surface area contributed by atoms with E-state index in [0.29, 0.717) is 12.4 Å². The molecule has 0 saturated carbocycles. The molecule has 7 nitrogen and oxygen atoms in total. The molecule has 88 valence electrons. The Balaban J connectivity index is 2.09. The Morgan fingerprint density at radius 2 is 2.18 bits per heavy atom. The Labute approximate surface area is 97.4 Å². The van der Waals surface area contributed by atoms with E-state index in [1.54, 1.807) is 31.5 Å². The molecule has 0 aliphatic heterocycles. The third-order valence-corrected chi connectivity index (χ3v) is 1.97. The molecule has 0 amide bonds. The molecule has 2 aromatic rings. The average molecular weight is 233 g/mol. The Morgan fingerprint density at radius 3 is 2.88 bits per heavy atom. The molecule has 0 spiro atoms. The van der Waals surface area contributed by atoms with E-state index in [1.165, 1.54) is 4.80 Å². The highest BCUT2D eigenvalue weighted by atomic mass is 16.5. The van der Waals surface area contributed by atoms with Gasteiger partial charge < -0.3 is 4.74 Å².